The molecule has 1 fully saturated rings. The van der Waals surface area contributed by atoms with E-state index < -0.39 is 18.0 Å². The van der Waals surface area contributed by atoms with E-state index in [-0.39, 0.29) is 12.5 Å². The Kier molecular flexibility index (Phi) is 7.06. The topological polar surface area (TPSA) is 96.9 Å². The number of amides is 2. The smallest absolute Gasteiger partial charge is 0.326 e. The first-order valence-electron chi connectivity index (χ1n) is 8.58. The van der Waals surface area contributed by atoms with Gasteiger partial charge in [-0.05, 0) is 31.4 Å². The van der Waals surface area contributed by atoms with E-state index in [1.54, 1.807) is 0 Å². The van der Waals surface area contributed by atoms with Crippen molar-refractivity contribution in [3.05, 3.63) is 29.3 Å². The van der Waals surface area contributed by atoms with Crippen LogP contribution < -0.4 is 15.4 Å². The largest absolute Gasteiger partial charge is 0.493 e. The number of rotatable bonds is 8. The highest BCUT2D eigenvalue weighted by Gasteiger charge is 2.32. The number of nitrogens with one attached hydrogen (secondary N) is 2. The van der Waals surface area contributed by atoms with E-state index in [0.29, 0.717) is 26.2 Å². The summed E-state index contributed by atoms with van der Waals surface area (Å²) < 4.78 is 10.9. The van der Waals surface area contributed by atoms with Gasteiger partial charge in [0, 0.05) is 24.6 Å². The molecular weight excluding hydrogens is 324 g/mol. The van der Waals surface area contributed by atoms with Crippen LogP contribution in [-0.4, -0.2) is 43.0 Å². The first-order chi connectivity index (χ1) is 12.0. The standard InChI is InChI=1S/C18H26N2O5/c1-3-7-25-15-9-12(2)4-5-13(15)10-19-18(23)20-16(17(21)22)14-6-8-24-11-14/h4-5,9,14,16H,3,6-8,10-11H2,1-2H3,(H,21,22)(H2,19,20,23). The Balaban J connectivity index is 1.93. The molecule has 1 aromatic carbocycles. The van der Waals surface area contributed by atoms with Crippen LogP contribution in [0.5, 0.6) is 5.75 Å². The quantitative estimate of drug-likeness (QED) is 0.667. The molecule has 138 valence electrons. The highest BCUT2D eigenvalue weighted by molar-refractivity contribution is 5.82. The normalized spacial score (nSPS) is 17.8. The fourth-order valence-electron chi connectivity index (χ4n) is 2.72. The summed E-state index contributed by atoms with van der Waals surface area (Å²) in [6, 6.07) is 4.32. The van der Waals surface area contributed by atoms with Crippen LogP contribution in [0.1, 0.15) is 30.9 Å². The minimum Gasteiger partial charge on any atom is -0.493 e. The number of carboxylic acid groups (broad SMARTS) is 1. The van der Waals surface area contributed by atoms with E-state index >= 15 is 0 Å². The number of carbonyl (C=O) groups excluding carboxylic acids is 1. The van der Waals surface area contributed by atoms with Crippen LogP contribution in [0.2, 0.25) is 0 Å². The maximum atomic E-state index is 12.1. The highest BCUT2D eigenvalue weighted by Crippen LogP contribution is 2.21. The predicted octanol–water partition coefficient (Wildman–Crippen LogP) is 2.07. The summed E-state index contributed by atoms with van der Waals surface area (Å²) in [5.74, 6) is -0.514. The van der Waals surface area contributed by atoms with E-state index in [4.69, 9.17) is 9.47 Å². The molecule has 1 aromatic rings. The van der Waals surface area contributed by atoms with Gasteiger partial charge in [-0.1, -0.05) is 19.1 Å². The van der Waals surface area contributed by atoms with Crippen LogP contribution in [-0.2, 0) is 16.1 Å². The van der Waals surface area contributed by atoms with Gasteiger partial charge in [-0.15, -0.1) is 0 Å². The van der Waals surface area contributed by atoms with Crippen LogP contribution in [0.4, 0.5) is 4.79 Å². The molecule has 1 saturated heterocycles. The predicted molar refractivity (Wildman–Crippen MR) is 92.7 cm³/mol. The van der Waals surface area contributed by atoms with Crippen molar-refractivity contribution in [1.29, 1.82) is 0 Å². The molecule has 0 saturated carbocycles. The molecular formula is C18H26N2O5. The molecule has 2 atom stereocenters. The van der Waals surface area contributed by atoms with Crippen molar-refractivity contribution >= 4 is 12.0 Å². The minimum absolute atomic E-state index is 0.203. The average Bonchev–Trinajstić information content (AvgIpc) is 3.10. The van der Waals surface area contributed by atoms with E-state index in [9.17, 15) is 14.7 Å². The SMILES string of the molecule is CCCOc1cc(C)ccc1CNC(=O)NC(C(=O)O)C1CCOC1. The first kappa shape index (κ1) is 19.1. The maximum absolute atomic E-state index is 12.1. The molecule has 2 amide bonds. The van der Waals surface area contributed by atoms with Crippen LogP contribution in [0.25, 0.3) is 0 Å². The third-order valence-electron chi connectivity index (χ3n) is 4.11. The second-order valence-electron chi connectivity index (χ2n) is 6.23. The van der Waals surface area contributed by atoms with E-state index in [1.165, 1.54) is 0 Å². The maximum Gasteiger partial charge on any atom is 0.326 e. The van der Waals surface area contributed by atoms with Crippen molar-refractivity contribution in [2.24, 2.45) is 5.92 Å². The monoisotopic (exact) mass is 350 g/mol. The van der Waals surface area contributed by atoms with Gasteiger partial charge in [-0.3, -0.25) is 0 Å². The lowest BCUT2D eigenvalue weighted by atomic mass is 9.99. The number of hydrogen-bond acceptors (Lipinski definition) is 4. The van der Waals surface area contributed by atoms with Crippen LogP contribution in [0, 0.1) is 12.8 Å². The molecule has 1 aliphatic rings. The fraction of sp³-hybridized carbons (Fsp3) is 0.556. The lowest BCUT2D eigenvalue weighted by Gasteiger charge is -2.20. The number of aliphatic carboxylic acids is 1. The van der Waals surface area contributed by atoms with Crippen molar-refractivity contribution in [2.45, 2.75) is 39.3 Å². The van der Waals surface area contributed by atoms with Gasteiger partial charge in [0.25, 0.3) is 0 Å². The Morgan fingerprint density at radius 2 is 2.24 bits per heavy atom. The van der Waals surface area contributed by atoms with Gasteiger partial charge in [-0.2, -0.15) is 0 Å². The first-order valence-corrected chi connectivity index (χ1v) is 8.58. The second-order valence-corrected chi connectivity index (χ2v) is 6.23. The molecule has 2 unspecified atom stereocenters. The van der Waals surface area contributed by atoms with Gasteiger partial charge in [0.05, 0.1) is 13.2 Å². The lowest BCUT2D eigenvalue weighted by molar-refractivity contribution is -0.140. The number of hydrogen-bond donors (Lipinski definition) is 3. The average molecular weight is 350 g/mol. The Morgan fingerprint density at radius 3 is 2.88 bits per heavy atom. The van der Waals surface area contributed by atoms with E-state index in [1.807, 2.05) is 32.0 Å². The Morgan fingerprint density at radius 1 is 1.44 bits per heavy atom. The molecule has 0 bridgehead atoms. The molecule has 0 aromatic heterocycles. The highest BCUT2D eigenvalue weighted by atomic mass is 16.5. The number of aryl methyl sites for hydroxylation is 1. The second kappa shape index (κ2) is 9.27. The van der Waals surface area contributed by atoms with Crippen molar-refractivity contribution in [1.82, 2.24) is 10.6 Å². The molecule has 7 nitrogen and oxygen atoms in total. The molecule has 2 rings (SSSR count). The number of carboxylic acids is 1. The molecule has 25 heavy (non-hydrogen) atoms. The molecule has 0 radical (unpaired) electrons. The summed E-state index contributed by atoms with van der Waals surface area (Å²) in [7, 11) is 0. The van der Waals surface area contributed by atoms with Gasteiger partial charge < -0.3 is 25.2 Å². The van der Waals surface area contributed by atoms with Crippen LogP contribution in [0.3, 0.4) is 0 Å². The lowest BCUT2D eigenvalue weighted by Crippen LogP contribution is -2.49. The van der Waals surface area contributed by atoms with Crippen molar-refractivity contribution < 1.29 is 24.2 Å². The number of urea groups is 1. The third kappa shape index (κ3) is 5.63. The summed E-state index contributed by atoms with van der Waals surface area (Å²) in [4.78, 5) is 23.5. The van der Waals surface area contributed by atoms with E-state index in [0.717, 1.165) is 23.3 Å². The summed E-state index contributed by atoms with van der Waals surface area (Å²) in [6.45, 7) is 5.75. The summed E-state index contributed by atoms with van der Waals surface area (Å²) in [6.07, 6.45) is 1.52. The van der Waals surface area contributed by atoms with Gasteiger partial charge in [0.1, 0.15) is 11.8 Å². The zero-order valence-corrected chi connectivity index (χ0v) is 14.7. The van der Waals surface area contributed by atoms with Gasteiger partial charge in [-0.25, -0.2) is 9.59 Å². The Labute approximate surface area is 147 Å². The summed E-state index contributed by atoms with van der Waals surface area (Å²) >= 11 is 0. The molecule has 7 heteroatoms. The van der Waals surface area contributed by atoms with E-state index in [2.05, 4.69) is 10.6 Å². The molecule has 3 N–H and O–H groups in total. The zero-order valence-electron chi connectivity index (χ0n) is 14.7. The van der Waals surface area contributed by atoms with Crippen molar-refractivity contribution in [3.8, 4) is 5.75 Å². The number of carbonyl (C=O) groups is 2. The Bertz CT molecular complexity index is 599. The molecule has 1 aliphatic heterocycles. The summed E-state index contributed by atoms with van der Waals surface area (Å²) in [5.41, 5.74) is 1.93. The molecule has 0 spiro atoms. The zero-order chi connectivity index (χ0) is 18.2. The van der Waals surface area contributed by atoms with Crippen molar-refractivity contribution in [3.63, 3.8) is 0 Å². The third-order valence-corrected chi connectivity index (χ3v) is 4.11. The molecule has 1 heterocycles. The minimum atomic E-state index is -1.05. The fourth-order valence-corrected chi connectivity index (χ4v) is 2.72. The van der Waals surface area contributed by atoms with Gasteiger partial charge >= 0.3 is 12.0 Å². The van der Waals surface area contributed by atoms with Gasteiger partial charge in [0.2, 0.25) is 0 Å². The number of ether oxygens (including phenoxy) is 2. The van der Waals surface area contributed by atoms with Crippen LogP contribution >= 0.6 is 0 Å². The molecule has 0 aliphatic carbocycles. The Hall–Kier alpha value is -2.28. The van der Waals surface area contributed by atoms with Gasteiger partial charge in [0.15, 0.2) is 0 Å². The van der Waals surface area contributed by atoms with Crippen molar-refractivity contribution in [2.75, 3.05) is 19.8 Å². The number of benzene rings is 1. The summed E-state index contributed by atoms with van der Waals surface area (Å²) in [5, 5.41) is 14.6. The van der Waals surface area contributed by atoms with Crippen LogP contribution in [0.15, 0.2) is 18.2 Å².